The molecule has 0 unspecified atom stereocenters. The maximum absolute atomic E-state index is 11.6. The Hall–Kier alpha value is -2.14. The molecule has 0 aliphatic rings. The minimum atomic E-state index is -0.944. The molecule has 1 aromatic rings. The third-order valence-corrected chi connectivity index (χ3v) is 2.84. The van der Waals surface area contributed by atoms with Gasteiger partial charge in [-0.3, -0.25) is 4.79 Å². The van der Waals surface area contributed by atoms with E-state index in [2.05, 4.69) is 11.9 Å². The minimum Gasteiger partial charge on any atom is -0.478 e. The van der Waals surface area contributed by atoms with Crippen LogP contribution < -0.4 is 5.32 Å². The second-order valence-electron chi connectivity index (χ2n) is 4.57. The van der Waals surface area contributed by atoms with Crippen LogP contribution in [0.4, 0.5) is 0 Å². The molecule has 0 fully saturated rings. The van der Waals surface area contributed by atoms with Crippen molar-refractivity contribution in [1.82, 2.24) is 5.32 Å². The average molecular weight is 291 g/mol. The molecule has 1 aromatic carbocycles. The summed E-state index contributed by atoms with van der Waals surface area (Å²) in [5.41, 5.74) is 1.16. The summed E-state index contributed by atoms with van der Waals surface area (Å²) in [6.45, 7) is 5.08. The average Bonchev–Trinajstić information content (AvgIpc) is 2.47. The number of hydrogen-bond donors (Lipinski definition) is 2. The number of aromatic carboxylic acids is 1. The first kappa shape index (κ1) is 16.9. The maximum Gasteiger partial charge on any atom is 0.335 e. The highest BCUT2D eigenvalue weighted by atomic mass is 16.5. The van der Waals surface area contributed by atoms with Gasteiger partial charge in [-0.25, -0.2) is 4.79 Å². The molecule has 5 nitrogen and oxygen atoms in total. The lowest BCUT2D eigenvalue weighted by Gasteiger charge is -2.06. The van der Waals surface area contributed by atoms with Gasteiger partial charge in [0.15, 0.2) is 0 Å². The van der Waals surface area contributed by atoms with Gasteiger partial charge in [-0.1, -0.05) is 18.2 Å². The van der Waals surface area contributed by atoms with Crippen LogP contribution in [0.1, 0.15) is 28.8 Å². The van der Waals surface area contributed by atoms with Crippen molar-refractivity contribution in [3.63, 3.8) is 0 Å². The topological polar surface area (TPSA) is 75.6 Å². The lowest BCUT2D eigenvalue weighted by molar-refractivity contribution is -0.121. The summed E-state index contributed by atoms with van der Waals surface area (Å²) in [7, 11) is 0. The first-order valence-corrected chi connectivity index (χ1v) is 6.91. The molecule has 1 rings (SSSR count). The van der Waals surface area contributed by atoms with Crippen LogP contribution >= 0.6 is 0 Å². The molecule has 0 saturated heterocycles. The monoisotopic (exact) mass is 291 g/mol. The molecule has 21 heavy (non-hydrogen) atoms. The van der Waals surface area contributed by atoms with E-state index >= 15 is 0 Å². The summed E-state index contributed by atoms with van der Waals surface area (Å²) in [6.07, 6.45) is 3.38. The largest absolute Gasteiger partial charge is 0.478 e. The van der Waals surface area contributed by atoms with Crippen molar-refractivity contribution < 1.29 is 19.4 Å². The van der Waals surface area contributed by atoms with Gasteiger partial charge in [0.05, 0.1) is 12.2 Å². The number of benzene rings is 1. The number of ether oxygens (including phenoxy) is 1. The third kappa shape index (κ3) is 7.27. The molecule has 0 aliphatic carbocycles. The Bertz CT molecular complexity index is 485. The van der Waals surface area contributed by atoms with Crippen molar-refractivity contribution >= 4 is 11.9 Å². The van der Waals surface area contributed by atoms with E-state index in [1.807, 2.05) is 6.07 Å². The van der Waals surface area contributed by atoms with E-state index in [1.165, 1.54) is 0 Å². The van der Waals surface area contributed by atoms with Crippen LogP contribution in [0.5, 0.6) is 0 Å². The van der Waals surface area contributed by atoms with Gasteiger partial charge in [0.2, 0.25) is 5.91 Å². The van der Waals surface area contributed by atoms with Gasteiger partial charge in [0, 0.05) is 19.6 Å². The van der Waals surface area contributed by atoms with Crippen LogP contribution in [0.2, 0.25) is 0 Å². The number of carbonyl (C=O) groups excluding carboxylic acids is 1. The van der Waals surface area contributed by atoms with E-state index < -0.39 is 5.97 Å². The van der Waals surface area contributed by atoms with Crippen molar-refractivity contribution in [2.24, 2.45) is 0 Å². The van der Waals surface area contributed by atoms with E-state index in [9.17, 15) is 9.59 Å². The number of nitrogens with one attached hydrogen (secondary N) is 1. The fourth-order valence-electron chi connectivity index (χ4n) is 1.80. The molecule has 0 atom stereocenters. The maximum atomic E-state index is 11.6. The quantitative estimate of drug-likeness (QED) is 0.511. The normalized spacial score (nSPS) is 10.1. The molecule has 0 aliphatic heterocycles. The highest BCUT2D eigenvalue weighted by Crippen LogP contribution is 2.05. The number of amides is 1. The predicted molar refractivity (Wildman–Crippen MR) is 80.4 cm³/mol. The standard InChI is InChI=1S/C16H21NO4/c1-2-10-21-11-4-7-15(18)17-9-8-13-5-3-6-14(12-13)16(19)20/h2-3,5-6,12H,1,4,7-11H2,(H,17,18)(H,19,20). The van der Waals surface area contributed by atoms with Crippen LogP contribution in [-0.4, -0.2) is 36.7 Å². The van der Waals surface area contributed by atoms with Gasteiger partial charge in [-0.2, -0.15) is 0 Å². The fraction of sp³-hybridized carbons (Fsp3) is 0.375. The summed E-state index contributed by atoms with van der Waals surface area (Å²) in [5, 5.41) is 11.7. The van der Waals surface area contributed by atoms with E-state index in [0.717, 1.165) is 5.56 Å². The summed E-state index contributed by atoms with van der Waals surface area (Å²) in [4.78, 5) is 22.4. The van der Waals surface area contributed by atoms with Crippen molar-refractivity contribution in [2.45, 2.75) is 19.3 Å². The van der Waals surface area contributed by atoms with Gasteiger partial charge in [-0.15, -0.1) is 6.58 Å². The summed E-state index contributed by atoms with van der Waals surface area (Å²) >= 11 is 0. The second kappa shape index (κ2) is 9.72. The first-order valence-electron chi connectivity index (χ1n) is 6.91. The van der Waals surface area contributed by atoms with E-state index in [-0.39, 0.29) is 11.5 Å². The molecule has 114 valence electrons. The zero-order chi connectivity index (χ0) is 15.5. The van der Waals surface area contributed by atoms with Gasteiger partial charge in [-0.05, 0) is 30.5 Å². The molecule has 0 saturated carbocycles. The minimum absolute atomic E-state index is 0.0217. The van der Waals surface area contributed by atoms with Crippen LogP contribution in [0.25, 0.3) is 0 Å². The summed E-state index contributed by atoms with van der Waals surface area (Å²) in [5.74, 6) is -0.966. The van der Waals surface area contributed by atoms with Crippen LogP contribution in [0, 0.1) is 0 Å². The Morgan fingerprint density at radius 1 is 1.38 bits per heavy atom. The van der Waals surface area contributed by atoms with Gasteiger partial charge in [0.25, 0.3) is 0 Å². The Balaban J connectivity index is 2.20. The van der Waals surface area contributed by atoms with Crippen molar-refractivity contribution in [3.8, 4) is 0 Å². The molecule has 0 heterocycles. The Kier molecular flexibility index (Phi) is 7.82. The van der Waals surface area contributed by atoms with Crippen molar-refractivity contribution in [3.05, 3.63) is 48.0 Å². The third-order valence-electron chi connectivity index (χ3n) is 2.84. The molecule has 0 aromatic heterocycles. The lowest BCUT2D eigenvalue weighted by atomic mass is 10.1. The van der Waals surface area contributed by atoms with E-state index in [0.29, 0.717) is 39.0 Å². The Morgan fingerprint density at radius 2 is 2.19 bits per heavy atom. The highest BCUT2D eigenvalue weighted by molar-refractivity contribution is 5.87. The number of carbonyl (C=O) groups is 2. The lowest BCUT2D eigenvalue weighted by Crippen LogP contribution is -2.25. The summed E-state index contributed by atoms with van der Waals surface area (Å²) < 4.78 is 5.19. The fourth-order valence-corrected chi connectivity index (χ4v) is 1.80. The SMILES string of the molecule is C=CCOCCCC(=O)NCCc1cccc(C(=O)O)c1. The van der Waals surface area contributed by atoms with Crippen molar-refractivity contribution in [2.75, 3.05) is 19.8 Å². The van der Waals surface area contributed by atoms with Crippen LogP contribution in [0.15, 0.2) is 36.9 Å². The van der Waals surface area contributed by atoms with Crippen LogP contribution in [0.3, 0.4) is 0 Å². The van der Waals surface area contributed by atoms with E-state index in [1.54, 1.807) is 24.3 Å². The highest BCUT2D eigenvalue weighted by Gasteiger charge is 2.04. The van der Waals surface area contributed by atoms with Crippen LogP contribution in [-0.2, 0) is 16.0 Å². The molecule has 5 heteroatoms. The second-order valence-corrected chi connectivity index (χ2v) is 4.57. The molecule has 0 radical (unpaired) electrons. The first-order chi connectivity index (χ1) is 10.1. The van der Waals surface area contributed by atoms with Gasteiger partial charge >= 0.3 is 5.97 Å². The van der Waals surface area contributed by atoms with E-state index in [4.69, 9.17) is 9.84 Å². The number of hydrogen-bond acceptors (Lipinski definition) is 3. The Morgan fingerprint density at radius 3 is 2.90 bits per heavy atom. The molecule has 1 amide bonds. The zero-order valence-electron chi connectivity index (χ0n) is 12.0. The molecule has 0 bridgehead atoms. The molecule has 2 N–H and O–H groups in total. The number of carboxylic acids is 1. The number of rotatable bonds is 10. The summed E-state index contributed by atoms with van der Waals surface area (Å²) in [6, 6.07) is 6.73. The molecular weight excluding hydrogens is 270 g/mol. The molecular formula is C16H21NO4. The van der Waals surface area contributed by atoms with Gasteiger partial charge < -0.3 is 15.2 Å². The smallest absolute Gasteiger partial charge is 0.335 e. The molecule has 0 spiro atoms. The predicted octanol–water partition coefficient (Wildman–Crippen LogP) is 2.03. The Labute approximate surface area is 124 Å². The zero-order valence-corrected chi connectivity index (χ0v) is 12.0. The number of carboxylic acid groups (broad SMARTS) is 1. The van der Waals surface area contributed by atoms with Crippen molar-refractivity contribution in [1.29, 1.82) is 0 Å². The van der Waals surface area contributed by atoms with Gasteiger partial charge in [0.1, 0.15) is 0 Å².